The molecule has 0 saturated heterocycles. The first kappa shape index (κ1) is 59.1. The first-order valence-corrected chi connectivity index (χ1v) is 27.7. The maximum absolute atomic E-state index is 13.8. The van der Waals surface area contributed by atoms with Crippen molar-refractivity contribution in [3.8, 4) is 0 Å². The van der Waals surface area contributed by atoms with Gasteiger partial charge >= 0.3 is 32.1 Å². The predicted octanol–water partition coefficient (Wildman–Crippen LogP) is 2.69. The highest BCUT2D eigenvalue weighted by molar-refractivity contribution is 6.62. The number of benzene rings is 8. The fourth-order valence-electron chi connectivity index (χ4n) is 11.4. The van der Waals surface area contributed by atoms with Crippen molar-refractivity contribution in [1.29, 1.82) is 0 Å². The largest absolute Gasteiger partial charge is 0.491 e. The lowest BCUT2D eigenvalue weighted by molar-refractivity contribution is -0.141. The molecular formula is C62H61B2N7O14. The third-order valence-electron chi connectivity index (χ3n) is 15.5. The van der Waals surface area contributed by atoms with E-state index in [2.05, 4.69) is 21.3 Å². The fraction of sp³-hybridized carbons (Fsp3) is 0.242. The average Bonchev–Trinajstić information content (AvgIpc) is 4.03. The number of hydrogen-bond donors (Lipinski definition) is 9. The van der Waals surface area contributed by atoms with Gasteiger partial charge in [0, 0.05) is 63.5 Å². The molecule has 10 rings (SSSR count). The Kier molecular flexibility index (Phi) is 18.5. The summed E-state index contributed by atoms with van der Waals surface area (Å²) in [4.78, 5) is 95.1. The monoisotopic (exact) mass is 1150 g/mol. The molecule has 0 unspecified atom stereocenters. The first-order valence-electron chi connectivity index (χ1n) is 27.7. The van der Waals surface area contributed by atoms with E-state index in [9.17, 15) is 58.9 Å². The summed E-state index contributed by atoms with van der Waals surface area (Å²) in [5.41, 5.74) is 6.75. The number of nitrogens with zero attached hydrogens (tertiary/aromatic N) is 3. The van der Waals surface area contributed by atoms with Gasteiger partial charge < -0.3 is 55.9 Å². The number of rotatable bonds is 26. The van der Waals surface area contributed by atoms with Crippen molar-refractivity contribution in [3.05, 3.63) is 178 Å². The molecule has 8 aromatic rings. The van der Waals surface area contributed by atoms with Crippen molar-refractivity contribution < 1.29 is 68.2 Å². The Morgan fingerprint density at radius 2 is 0.671 bits per heavy atom. The Bertz CT molecular complexity index is 3570. The van der Waals surface area contributed by atoms with Crippen LogP contribution in [0.4, 0.5) is 0 Å². The Morgan fingerprint density at radius 1 is 0.388 bits per heavy atom. The molecule has 0 bridgehead atoms. The van der Waals surface area contributed by atoms with E-state index in [0.29, 0.717) is 22.1 Å². The zero-order valence-electron chi connectivity index (χ0n) is 46.2. The zero-order chi connectivity index (χ0) is 59.7. The maximum Gasteiger partial charge on any atom is 0.491 e. The second kappa shape index (κ2) is 26.7. The molecule has 0 aliphatic carbocycles. The second-order valence-electron chi connectivity index (χ2n) is 21.0. The number of amides is 4. The van der Waals surface area contributed by atoms with E-state index in [4.69, 9.17) is 9.31 Å². The summed E-state index contributed by atoms with van der Waals surface area (Å²) >= 11 is 0. The van der Waals surface area contributed by atoms with Gasteiger partial charge in [0.1, 0.15) is 0 Å². The molecule has 4 amide bonds. The molecule has 0 spiro atoms. The summed E-state index contributed by atoms with van der Waals surface area (Å²) in [6.07, 6.45) is 0. The standard InChI is InChI=1S/C62H61B2N7O14/c72-56(65-27-50-42-9-1-5-13-46(42)52(47-14-6-2-10-43(47)50)29-67-61(80)38-17-19-40-36-84-63(82)54(40)25-38)31-70(34-59(76)77)23-21-69(33-58(74)75)22-24-71(35-60(78)79)32-57(73)66-28-51-44-11-3-7-15-48(44)53(49-16-8-4-12-45(49)51)30-68-62(81)39-18-20-41-37-85-64(83)55(41)26-39/h1-20,25-26,82-83H,21-24,27-37H2,(H,65,72)(H,66,73)(H,67,80)(H,68,81)(H,74,75)(H,76,77)(H,78,79). The lowest BCUT2D eigenvalue weighted by Crippen LogP contribution is -2.47. The third kappa shape index (κ3) is 14.0. The minimum absolute atomic E-state index is 0.0243. The van der Waals surface area contributed by atoms with Crippen LogP contribution in [-0.4, -0.2) is 155 Å². The fourth-order valence-corrected chi connectivity index (χ4v) is 11.4. The molecular weight excluding hydrogens is 1090 g/mol. The number of fused-ring (bicyclic) bond motifs is 6. The Morgan fingerprint density at radius 3 is 0.976 bits per heavy atom. The van der Waals surface area contributed by atoms with E-state index in [-0.39, 0.29) is 90.5 Å². The van der Waals surface area contributed by atoms with E-state index in [1.807, 2.05) is 97.1 Å². The molecule has 434 valence electrons. The number of carbonyl (C=O) groups excluding carboxylic acids is 4. The highest BCUT2D eigenvalue weighted by Gasteiger charge is 2.30. The number of carboxylic acid groups (broad SMARTS) is 3. The van der Waals surface area contributed by atoms with Crippen LogP contribution in [-0.2, 0) is 72.7 Å². The van der Waals surface area contributed by atoms with Crippen LogP contribution in [0.1, 0.15) is 54.1 Å². The quantitative estimate of drug-likeness (QED) is 0.0278. The number of nitrogens with one attached hydrogen (secondary N) is 4. The molecule has 23 heteroatoms. The molecule has 2 aliphatic rings. The van der Waals surface area contributed by atoms with Gasteiger partial charge in [-0.2, -0.15) is 0 Å². The van der Waals surface area contributed by atoms with Gasteiger partial charge in [-0.1, -0.05) is 109 Å². The summed E-state index contributed by atoms with van der Waals surface area (Å²) in [7, 11) is -2.20. The molecule has 0 saturated carbocycles. The zero-order valence-corrected chi connectivity index (χ0v) is 46.2. The van der Waals surface area contributed by atoms with Crippen molar-refractivity contribution in [3.63, 3.8) is 0 Å². The Hall–Kier alpha value is -9.06. The van der Waals surface area contributed by atoms with Crippen LogP contribution in [0.3, 0.4) is 0 Å². The smallest absolute Gasteiger partial charge is 0.480 e. The van der Waals surface area contributed by atoms with Crippen LogP contribution < -0.4 is 32.2 Å². The van der Waals surface area contributed by atoms with Crippen LogP contribution in [0.2, 0.25) is 0 Å². The van der Waals surface area contributed by atoms with Gasteiger partial charge in [-0.3, -0.25) is 48.3 Å². The molecule has 21 nitrogen and oxygen atoms in total. The SMILES string of the molecule is O=C(O)CN(CCN(CC(=O)O)CC(=O)NCc1c2ccccc2c(CNC(=O)c2ccc3c(c2)B(O)OC3)c2ccccc12)CCN(CC(=O)O)CC(=O)NCc1c2ccccc2c(CNC(=O)c2ccc3c(c2)B(O)OC3)c2ccccc12. The number of aliphatic carboxylic acids is 3. The van der Waals surface area contributed by atoms with E-state index in [0.717, 1.165) is 76.5 Å². The van der Waals surface area contributed by atoms with Crippen LogP contribution in [0.25, 0.3) is 43.1 Å². The van der Waals surface area contributed by atoms with Crippen molar-refractivity contribution in [1.82, 2.24) is 36.0 Å². The third-order valence-corrected chi connectivity index (χ3v) is 15.5. The molecule has 0 fully saturated rings. The second-order valence-corrected chi connectivity index (χ2v) is 21.0. The van der Waals surface area contributed by atoms with Crippen LogP contribution in [0.5, 0.6) is 0 Å². The summed E-state index contributed by atoms with van der Waals surface area (Å²) in [5, 5.41) is 68.8. The van der Waals surface area contributed by atoms with Gasteiger partial charge in [0.25, 0.3) is 11.8 Å². The molecule has 0 aromatic heterocycles. The van der Waals surface area contributed by atoms with Crippen LogP contribution >= 0.6 is 0 Å². The summed E-state index contributed by atoms with van der Waals surface area (Å²) in [6, 6.07) is 40.6. The molecule has 8 aromatic carbocycles. The van der Waals surface area contributed by atoms with Gasteiger partial charge in [-0.25, -0.2) is 0 Å². The highest BCUT2D eigenvalue weighted by atomic mass is 16.5. The molecule has 0 radical (unpaired) electrons. The van der Waals surface area contributed by atoms with Crippen molar-refractivity contribution in [2.24, 2.45) is 0 Å². The minimum atomic E-state index is -1.22. The van der Waals surface area contributed by atoms with E-state index < -0.39 is 63.6 Å². The minimum Gasteiger partial charge on any atom is -0.480 e. The normalized spacial score (nSPS) is 12.8. The number of hydrogen-bond acceptors (Lipinski definition) is 14. The molecule has 0 atom stereocenters. The summed E-state index contributed by atoms with van der Waals surface area (Å²) < 4.78 is 10.6. The van der Waals surface area contributed by atoms with Gasteiger partial charge in [0.05, 0.1) is 45.9 Å². The maximum atomic E-state index is 13.8. The lowest BCUT2D eigenvalue weighted by atomic mass is 9.79. The Labute approximate surface area is 488 Å². The summed E-state index contributed by atoms with van der Waals surface area (Å²) in [6.45, 7) is -1.48. The van der Waals surface area contributed by atoms with E-state index in [1.54, 1.807) is 36.4 Å². The molecule has 2 aliphatic heterocycles. The van der Waals surface area contributed by atoms with Crippen molar-refractivity contribution in [2.45, 2.75) is 39.4 Å². The molecule has 9 N–H and O–H groups in total. The van der Waals surface area contributed by atoms with Crippen molar-refractivity contribution in [2.75, 3.05) is 58.9 Å². The highest BCUT2D eigenvalue weighted by Crippen LogP contribution is 2.35. The number of carbonyl (C=O) groups is 7. The lowest BCUT2D eigenvalue weighted by Gasteiger charge is -2.28. The van der Waals surface area contributed by atoms with Gasteiger partial charge in [0.2, 0.25) is 11.8 Å². The van der Waals surface area contributed by atoms with Gasteiger partial charge in [-0.05, 0) is 112 Å². The molecule has 2 heterocycles. The van der Waals surface area contributed by atoms with Gasteiger partial charge in [-0.15, -0.1) is 0 Å². The van der Waals surface area contributed by atoms with Crippen LogP contribution in [0.15, 0.2) is 133 Å². The topological polar surface area (TPSA) is 297 Å². The van der Waals surface area contributed by atoms with Gasteiger partial charge in [0.15, 0.2) is 0 Å². The van der Waals surface area contributed by atoms with E-state index >= 15 is 0 Å². The predicted molar refractivity (Wildman–Crippen MR) is 319 cm³/mol. The van der Waals surface area contributed by atoms with Crippen molar-refractivity contribution >= 4 is 110 Å². The van der Waals surface area contributed by atoms with Crippen LogP contribution in [0, 0.1) is 0 Å². The Balaban J connectivity index is 0.766. The van der Waals surface area contributed by atoms with E-state index in [1.165, 1.54) is 14.7 Å². The first-order chi connectivity index (χ1) is 41.1. The number of carboxylic acids is 3. The average molecular weight is 1150 g/mol. The summed E-state index contributed by atoms with van der Waals surface area (Å²) in [5.74, 6) is -5.30. The molecule has 85 heavy (non-hydrogen) atoms.